The van der Waals surface area contributed by atoms with Crippen LogP contribution in [-0.2, 0) is 6.42 Å². The van der Waals surface area contributed by atoms with Crippen molar-refractivity contribution in [1.29, 1.82) is 0 Å². The van der Waals surface area contributed by atoms with Crippen LogP contribution < -0.4 is 0 Å². The second kappa shape index (κ2) is 5.75. The lowest BCUT2D eigenvalue weighted by molar-refractivity contribution is 0.0983. The van der Waals surface area contributed by atoms with Gasteiger partial charge in [-0.1, -0.05) is 12.1 Å². The van der Waals surface area contributed by atoms with Crippen LogP contribution in [0.25, 0.3) is 0 Å². The number of carbonyl (C=O) groups excluding carboxylic acids is 1. The number of hydrogen-bond donors (Lipinski definition) is 0. The van der Waals surface area contributed by atoms with Gasteiger partial charge in [0, 0.05) is 6.42 Å². The van der Waals surface area contributed by atoms with Crippen molar-refractivity contribution in [3.05, 3.63) is 69.2 Å². The highest BCUT2D eigenvalue weighted by Crippen LogP contribution is 2.23. The van der Waals surface area contributed by atoms with Gasteiger partial charge in [-0.05, 0) is 39.7 Å². The van der Waals surface area contributed by atoms with Crippen LogP contribution in [0.2, 0.25) is 0 Å². The summed E-state index contributed by atoms with van der Waals surface area (Å²) in [6.07, 6.45) is -0.631. The zero-order valence-corrected chi connectivity index (χ0v) is 11.5. The molecule has 0 aromatic heterocycles. The summed E-state index contributed by atoms with van der Waals surface area (Å²) in [5, 5.41) is 0. The Morgan fingerprint density at radius 3 is 2.35 bits per heavy atom. The Labute approximate surface area is 120 Å². The largest absolute Gasteiger partial charge is 0.294 e. The summed E-state index contributed by atoms with van der Waals surface area (Å²) in [6.45, 7) is 0. The highest BCUT2D eigenvalue weighted by Gasteiger charge is 2.21. The molecule has 2 aromatic carbocycles. The molecule has 2 rings (SSSR count). The predicted octanol–water partition coefficient (Wildman–Crippen LogP) is 4.43. The number of halogens is 5. The minimum absolute atomic E-state index is 0.0815. The number of benzene rings is 2. The van der Waals surface area contributed by atoms with E-state index in [9.17, 15) is 22.4 Å². The molecule has 0 aliphatic carbocycles. The standard InChI is InChI=1S/C14H7BrF4O/c15-8-4-5-9(16)12(14(8)19)11(20)6-7-2-1-3-10(17)13(7)18/h1-5H,6H2. The van der Waals surface area contributed by atoms with Gasteiger partial charge in [0.15, 0.2) is 23.2 Å². The Morgan fingerprint density at radius 1 is 0.950 bits per heavy atom. The van der Waals surface area contributed by atoms with Crippen molar-refractivity contribution in [2.45, 2.75) is 6.42 Å². The van der Waals surface area contributed by atoms with Gasteiger partial charge in [0.05, 0.1) is 10.0 Å². The molecule has 0 bridgehead atoms. The van der Waals surface area contributed by atoms with Gasteiger partial charge in [0.2, 0.25) is 0 Å². The molecule has 2 aromatic rings. The maximum Gasteiger partial charge on any atom is 0.173 e. The van der Waals surface area contributed by atoms with Gasteiger partial charge in [-0.2, -0.15) is 0 Å². The topological polar surface area (TPSA) is 17.1 Å². The summed E-state index contributed by atoms with van der Waals surface area (Å²) in [4.78, 5) is 11.9. The van der Waals surface area contributed by atoms with Crippen LogP contribution in [0.5, 0.6) is 0 Å². The van der Waals surface area contributed by atoms with Crippen LogP contribution in [0.1, 0.15) is 15.9 Å². The molecule has 104 valence electrons. The van der Waals surface area contributed by atoms with E-state index < -0.39 is 41.0 Å². The molecule has 0 saturated heterocycles. The first kappa shape index (κ1) is 14.7. The molecule has 0 unspecified atom stereocenters. The average molecular weight is 347 g/mol. The van der Waals surface area contributed by atoms with Crippen LogP contribution in [-0.4, -0.2) is 5.78 Å². The number of rotatable bonds is 3. The van der Waals surface area contributed by atoms with Crippen molar-refractivity contribution in [2.75, 3.05) is 0 Å². The van der Waals surface area contributed by atoms with Crippen LogP contribution in [0.3, 0.4) is 0 Å². The van der Waals surface area contributed by atoms with E-state index in [2.05, 4.69) is 15.9 Å². The molecule has 0 radical (unpaired) electrons. The first-order valence-corrected chi connectivity index (χ1v) is 6.30. The zero-order chi connectivity index (χ0) is 14.9. The van der Waals surface area contributed by atoms with Crippen LogP contribution in [0, 0.1) is 23.3 Å². The van der Waals surface area contributed by atoms with Gasteiger partial charge >= 0.3 is 0 Å². The van der Waals surface area contributed by atoms with Gasteiger partial charge in [0.25, 0.3) is 0 Å². The van der Waals surface area contributed by atoms with Crippen molar-refractivity contribution in [3.8, 4) is 0 Å². The molecule has 0 N–H and O–H groups in total. The Balaban J connectivity index is 2.39. The fourth-order valence-electron chi connectivity index (χ4n) is 1.73. The highest BCUT2D eigenvalue weighted by molar-refractivity contribution is 9.10. The first-order valence-electron chi connectivity index (χ1n) is 5.51. The van der Waals surface area contributed by atoms with Crippen LogP contribution in [0.15, 0.2) is 34.8 Å². The van der Waals surface area contributed by atoms with Crippen molar-refractivity contribution in [2.24, 2.45) is 0 Å². The van der Waals surface area contributed by atoms with Crippen molar-refractivity contribution >= 4 is 21.7 Å². The molecule has 6 heteroatoms. The third kappa shape index (κ3) is 2.75. The number of Topliss-reactive ketones (excluding diaryl/α,β-unsaturated/α-hetero) is 1. The van der Waals surface area contributed by atoms with E-state index in [4.69, 9.17) is 0 Å². The second-order valence-corrected chi connectivity index (χ2v) is 4.89. The molecule has 0 heterocycles. The number of ketones is 1. The highest BCUT2D eigenvalue weighted by atomic mass is 79.9. The quantitative estimate of drug-likeness (QED) is 0.456. The summed E-state index contributed by atoms with van der Waals surface area (Å²) in [5.74, 6) is -5.40. The lowest BCUT2D eigenvalue weighted by Crippen LogP contribution is -2.11. The molecular formula is C14H7BrF4O. The van der Waals surface area contributed by atoms with E-state index in [1.165, 1.54) is 12.1 Å². The molecule has 0 amide bonds. The van der Waals surface area contributed by atoms with Gasteiger partial charge in [-0.25, -0.2) is 17.6 Å². The monoisotopic (exact) mass is 346 g/mol. The second-order valence-electron chi connectivity index (χ2n) is 4.03. The SMILES string of the molecule is O=C(Cc1cccc(F)c1F)c1c(F)ccc(Br)c1F. The molecule has 0 aliphatic heterocycles. The maximum atomic E-state index is 13.7. The van der Waals surface area contributed by atoms with E-state index in [1.807, 2.05) is 0 Å². The van der Waals surface area contributed by atoms with Crippen LogP contribution >= 0.6 is 15.9 Å². The molecule has 0 aliphatic rings. The summed E-state index contributed by atoms with van der Waals surface area (Å²) < 4.78 is 53.6. The normalized spacial score (nSPS) is 10.7. The Kier molecular flexibility index (Phi) is 4.23. The van der Waals surface area contributed by atoms with Gasteiger partial charge in [0.1, 0.15) is 5.82 Å². The summed E-state index contributed by atoms with van der Waals surface area (Å²) in [7, 11) is 0. The minimum Gasteiger partial charge on any atom is -0.294 e. The fourth-order valence-corrected chi connectivity index (χ4v) is 2.06. The lowest BCUT2D eigenvalue weighted by atomic mass is 10.0. The predicted molar refractivity (Wildman–Crippen MR) is 68.5 cm³/mol. The Hall–Kier alpha value is -1.69. The van der Waals surface area contributed by atoms with E-state index >= 15 is 0 Å². The molecule has 0 saturated carbocycles. The molecule has 0 spiro atoms. The van der Waals surface area contributed by atoms with Crippen LogP contribution in [0.4, 0.5) is 17.6 Å². The van der Waals surface area contributed by atoms with Gasteiger partial charge in [-0.15, -0.1) is 0 Å². The molecular weight excluding hydrogens is 340 g/mol. The molecule has 0 atom stereocenters. The maximum absolute atomic E-state index is 13.7. The van der Waals surface area contributed by atoms with E-state index in [0.717, 1.165) is 18.2 Å². The van der Waals surface area contributed by atoms with Crippen molar-refractivity contribution in [1.82, 2.24) is 0 Å². The number of hydrogen-bond acceptors (Lipinski definition) is 1. The van der Waals surface area contributed by atoms with Gasteiger partial charge < -0.3 is 0 Å². The zero-order valence-electron chi connectivity index (χ0n) is 9.89. The third-order valence-electron chi connectivity index (χ3n) is 2.71. The van der Waals surface area contributed by atoms with E-state index in [1.54, 1.807) is 0 Å². The van der Waals surface area contributed by atoms with Gasteiger partial charge in [-0.3, -0.25) is 4.79 Å². The first-order chi connectivity index (χ1) is 9.41. The third-order valence-corrected chi connectivity index (χ3v) is 3.32. The Bertz CT molecular complexity index is 685. The van der Waals surface area contributed by atoms with E-state index in [0.29, 0.717) is 0 Å². The molecule has 20 heavy (non-hydrogen) atoms. The molecule has 1 nitrogen and oxygen atoms in total. The smallest absolute Gasteiger partial charge is 0.173 e. The summed E-state index contributed by atoms with van der Waals surface area (Å²) in [6, 6.07) is 5.33. The van der Waals surface area contributed by atoms with Crippen molar-refractivity contribution in [3.63, 3.8) is 0 Å². The molecule has 0 fully saturated rings. The fraction of sp³-hybridized carbons (Fsp3) is 0.0714. The average Bonchev–Trinajstić information content (AvgIpc) is 2.40. The van der Waals surface area contributed by atoms with Crippen molar-refractivity contribution < 1.29 is 22.4 Å². The minimum atomic E-state index is -1.20. The van der Waals surface area contributed by atoms with E-state index in [-0.39, 0.29) is 10.0 Å². The Morgan fingerprint density at radius 2 is 1.65 bits per heavy atom. The summed E-state index contributed by atoms with van der Waals surface area (Å²) in [5.41, 5.74) is -1.03. The summed E-state index contributed by atoms with van der Waals surface area (Å²) >= 11 is 2.83. The number of carbonyl (C=O) groups is 1. The lowest BCUT2D eigenvalue weighted by Gasteiger charge is -2.07.